The molecule has 0 aromatic rings. The Hall–Kier alpha value is -1.10. The summed E-state index contributed by atoms with van der Waals surface area (Å²) in [7, 11) is 0. The molecule has 17 heteroatoms. The van der Waals surface area contributed by atoms with Crippen LogP contribution in [0.5, 0.6) is 0 Å². The third kappa shape index (κ3) is 7.65. The maximum atomic E-state index is 12.9. The van der Waals surface area contributed by atoms with E-state index in [9.17, 15) is 61.5 Å². The van der Waals surface area contributed by atoms with Gasteiger partial charge in [0.2, 0.25) is 0 Å². The standard InChI is InChI=1S/C9H6F14O3/c10-4(11,7(18,19)25-2-5(12,13)14)1-24-8(20,21)9(22,23)26-3-6(15,16)17/h1-3H2. The van der Waals surface area contributed by atoms with E-state index in [0.29, 0.717) is 0 Å². The third-order valence-corrected chi connectivity index (χ3v) is 2.03. The minimum absolute atomic E-state index is 2.46. The molecule has 0 aliphatic rings. The molecular formula is C9H6F14O3. The lowest BCUT2D eigenvalue weighted by molar-refractivity contribution is -0.455. The van der Waals surface area contributed by atoms with E-state index >= 15 is 0 Å². The van der Waals surface area contributed by atoms with Crippen molar-refractivity contribution in [2.75, 3.05) is 19.8 Å². The Labute approximate surface area is 133 Å². The van der Waals surface area contributed by atoms with E-state index in [4.69, 9.17) is 0 Å². The Morgan fingerprint density at radius 1 is 0.385 bits per heavy atom. The predicted octanol–water partition coefficient (Wildman–Crippen LogP) is 4.57. The van der Waals surface area contributed by atoms with E-state index in [0.717, 1.165) is 0 Å². The Morgan fingerprint density at radius 3 is 0.962 bits per heavy atom. The van der Waals surface area contributed by atoms with Crippen LogP contribution >= 0.6 is 0 Å². The molecule has 0 aliphatic heterocycles. The van der Waals surface area contributed by atoms with Gasteiger partial charge in [0.05, 0.1) is 0 Å². The van der Waals surface area contributed by atoms with Crippen LogP contribution in [-0.4, -0.2) is 56.4 Å². The quantitative estimate of drug-likeness (QED) is 0.504. The Balaban J connectivity index is 4.99. The van der Waals surface area contributed by atoms with Crippen LogP contribution in [0.15, 0.2) is 0 Å². The monoisotopic (exact) mass is 428 g/mol. The predicted molar refractivity (Wildman–Crippen MR) is 49.8 cm³/mol. The molecule has 158 valence electrons. The van der Waals surface area contributed by atoms with Crippen molar-refractivity contribution in [1.29, 1.82) is 0 Å². The molecule has 3 nitrogen and oxygen atoms in total. The lowest BCUT2D eigenvalue weighted by atomic mass is 10.3. The average Bonchev–Trinajstić information content (AvgIpc) is 2.39. The topological polar surface area (TPSA) is 27.7 Å². The zero-order valence-corrected chi connectivity index (χ0v) is 11.6. The fourth-order valence-electron chi connectivity index (χ4n) is 0.884. The van der Waals surface area contributed by atoms with Crippen molar-refractivity contribution in [3.05, 3.63) is 0 Å². The third-order valence-electron chi connectivity index (χ3n) is 2.03. The van der Waals surface area contributed by atoms with Gasteiger partial charge in [0.1, 0.15) is 19.8 Å². The summed E-state index contributed by atoms with van der Waals surface area (Å²) in [5, 5.41) is 0. The van der Waals surface area contributed by atoms with Gasteiger partial charge in [-0.15, -0.1) is 0 Å². The van der Waals surface area contributed by atoms with Crippen molar-refractivity contribution >= 4 is 0 Å². The maximum Gasteiger partial charge on any atom is 0.448 e. The highest BCUT2D eigenvalue weighted by Crippen LogP contribution is 2.42. The molecule has 0 saturated carbocycles. The molecule has 0 heterocycles. The molecule has 0 atom stereocenters. The van der Waals surface area contributed by atoms with Gasteiger partial charge in [-0.25, -0.2) is 0 Å². The fourth-order valence-corrected chi connectivity index (χ4v) is 0.884. The lowest BCUT2D eigenvalue weighted by Crippen LogP contribution is -2.52. The summed E-state index contributed by atoms with van der Waals surface area (Å²) < 4.78 is 179. The minimum Gasteiger partial charge on any atom is -0.307 e. The molecule has 0 amide bonds. The number of hydrogen-bond donors (Lipinski definition) is 0. The second-order valence-corrected chi connectivity index (χ2v) is 4.35. The van der Waals surface area contributed by atoms with Gasteiger partial charge in [0, 0.05) is 0 Å². The highest BCUT2D eigenvalue weighted by atomic mass is 19.4. The number of halogens is 14. The highest BCUT2D eigenvalue weighted by molar-refractivity contribution is 4.79. The van der Waals surface area contributed by atoms with Crippen molar-refractivity contribution < 1.29 is 75.7 Å². The van der Waals surface area contributed by atoms with Crippen molar-refractivity contribution in [3.63, 3.8) is 0 Å². The Morgan fingerprint density at radius 2 is 0.654 bits per heavy atom. The first kappa shape index (κ1) is 24.9. The van der Waals surface area contributed by atoms with E-state index in [1.807, 2.05) is 0 Å². The molecule has 0 aliphatic carbocycles. The molecule has 0 unspecified atom stereocenters. The van der Waals surface area contributed by atoms with E-state index < -0.39 is 56.4 Å². The van der Waals surface area contributed by atoms with Crippen LogP contribution in [0, 0.1) is 0 Å². The SMILES string of the molecule is FC(F)(F)COC(F)(F)C(F)(F)COC(F)(F)C(F)(F)OCC(F)(F)F. The van der Waals surface area contributed by atoms with Crippen molar-refractivity contribution in [3.8, 4) is 0 Å². The zero-order chi connectivity index (χ0) is 21.2. The molecule has 0 N–H and O–H groups in total. The molecule has 0 aromatic carbocycles. The second-order valence-electron chi connectivity index (χ2n) is 4.35. The molecule has 0 rings (SSSR count). The van der Waals surface area contributed by atoms with E-state index in [-0.39, 0.29) is 0 Å². The van der Waals surface area contributed by atoms with Crippen molar-refractivity contribution in [1.82, 2.24) is 0 Å². The maximum absolute atomic E-state index is 12.9. The number of rotatable bonds is 9. The van der Waals surface area contributed by atoms with Crippen LogP contribution in [0.4, 0.5) is 61.5 Å². The van der Waals surface area contributed by atoms with Gasteiger partial charge in [-0.05, 0) is 0 Å². The number of ether oxygens (including phenoxy) is 3. The molecule has 0 bridgehead atoms. The molecular weight excluding hydrogens is 422 g/mol. The lowest BCUT2D eigenvalue weighted by Gasteiger charge is -2.30. The number of hydrogen-bond acceptors (Lipinski definition) is 3. The summed E-state index contributed by atoms with van der Waals surface area (Å²) in [6, 6.07) is 0. The van der Waals surface area contributed by atoms with Gasteiger partial charge < -0.3 is 14.2 Å². The first-order chi connectivity index (χ1) is 11.1. The zero-order valence-electron chi connectivity index (χ0n) is 11.6. The normalized spacial score (nSPS) is 15.5. The van der Waals surface area contributed by atoms with Crippen LogP contribution in [0.25, 0.3) is 0 Å². The average molecular weight is 428 g/mol. The first-order valence-electron chi connectivity index (χ1n) is 5.68. The molecule has 0 aromatic heterocycles. The van der Waals surface area contributed by atoms with Gasteiger partial charge in [0.15, 0.2) is 0 Å². The van der Waals surface area contributed by atoms with E-state index in [1.165, 1.54) is 0 Å². The summed E-state index contributed by atoms with van der Waals surface area (Å²) in [6.45, 7) is -9.30. The van der Waals surface area contributed by atoms with Crippen LogP contribution < -0.4 is 0 Å². The first-order valence-corrected chi connectivity index (χ1v) is 5.68. The molecule has 0 spiro atoms. The van der Waals surface area contributed by atoms with Crippen LogP contribution in [0.1, 0.15) is 0 Å². The summed E-state index contributed by atoms with van der Waals surface area (Å²) >= 11 is 0. The van der Waals surface area contributed by atoms with Crippen LogP contribution in [0.2, 0.25) is 0 Å². The van der Waals surface area contributed by atoms with Crippen LogP contribution in [0.3, 0.4) is 0 Å². The molecule has 26 heavy (non-hydrogen) atoms. The molecule has 0 fully saturated rings. The summed E-state index contributed by atoms with van der Waals surface area (Å²) in [5.41, 5.74) is 0. The van der Waals surface area contributed by atoms with Crippen molar-refractivity contribution in [2.45, 2.75) is 36.6 Å². The Bertz CT molecular complexity index is 412. The van der Waals surface area contributed by atoms with Gasteiger partial charge in [-0.2, -0.15) is 61.5 Å². The van der Waals surface area contributed by atoms with Gasteiger partial charge in [-0.1, -0.05) is 0 Å². The van der Waals surface area contributed by atoms with Crippen molar-refractivity contribution in [2.24, 2.45) is 0 Å². The summed E-state index contributed by atoms with van der Waals surface area (Å²) in [6.07, 6.45) is -29.7. The Kier molecular flexibility index (Phi) is 7.18. The minimum atomic E-state index is -6.28. The smallest absolute Gasteiger partial charge is 0.307 e. The van der Waals surface area contributed by atoms with Gasteiger partial charge >= 0.3 is 36.6 Å². The van der Waals surface area contributed by atoms with Gasteiger partial charge in [-0.3, -0.25) is 0 Å². The van der Waals surface area contributed by atoms with Crippen LogP contribution in [-0.2, 0) is 14.2 Å². The summed E-state index contributed by atoms with van der Waals surface area (Å²) in [4.78, 5) is 0. The van der Waals surface area contributed by atoms with E-state index in [1.54, 1.807) is 0 Å². The highest BCUT2D eigenvalue weighted by Gasteiger charge is 2.65. The molecule has 0 radical (unpaired) electrons. The summed E-state index contributed by atoms with van der Waals surface area (Å²) in [5.74, 6) is -6.00. The molecule has 0 saturated heterocycles. The second kappa shape index (κ2) is 7.49. The van der Waals surface area contributed by atoms with E-state index in [2.05, 4.69) is 14.2 Å². The van der Waals surface area contributed by atoms with Gasteiger partial charge in [0.25, 0.3) is 0 Å². The largest absolute Gasteiger partial charge is 0.448 e. The fraction of sp³-hybridized carbons (Fsp3) is 1.00. The number of alkyl halides is 14.